The molecule has 2 aromatic heterocycles. The molecule has 5 heteroatoms. The monoisotopic (exact) mass is 206 g/mol. The van der Waals surface area contributed by atoms with Gasteiger partial charge in [-0.2, -0.15) is 0 Å². The van der Waals surface area contributed by atoms with Gasteiger partial charge in [-0.15, -0.1) is 10.2 Å². The summed E-state index contributed by atoms with van der Waals surface area (Å²) in [6.07, 6.45) is 4.71. The van der Waals surface area contributed by atoms with Crippen molar-refractivity contribution in [2.45, 2.75) is 26.4 Å². The van der Waals surface area contributed by atoms with Crippen LogP contribution < -0.4 is 5.73 Å². The molecule has 0 spiro atoms. The predicted octanol–water partition coefficient (Wildman–Crippen LogP) is 0.940. The highest BCUT2D eigenvalue weighted by atomic mass is 16.4. The molecule has 0 aliphatic carbocycles. The minimum Gasteiger partial charge on any atom is -0.423 e. The van der Waals surface area contributed by atoms with Gasteiger partial charge in [0.15, 0.2) is 0 Å². The van der Waals surface area contributed by atoms with Crippen LogP contribution in [0, 0.1) is 0 Å². The average molecular weight is 206 g/mol. The van der Waals surface area contributed by atoms with E-state index in [4.69, 9.17) is 10.2 Å². The maximum atomic E-state index is 5.52. The summed E-state index contributed by atoms with van der Waals surface area (Å²) in [5.41, 5.74) is 6.62. The summed E-state index contributed by atoms with van der Waals surface area (Å²) < 4.78 is 7.39. The molecular weight excluding hydrogens is 192 g/mol. The summed E-state index contributed by atoms with van der Waals surface area (Å²) >= 11 is 0. The molecule has 5 nitrogen and oxygen atoms in total. The predicted molar refractivity (Wildman–Crippen MR) is 55.1 cm³/mol. The molecule has 0 saturated carbocycles. The van der Waals surface area contributed by atoms with Crippen LogP contribution in [0.4, 0.5) is 0 Å². The number of rotatable bonds is 4. The van der Waals surface area contributed by atoms with Crippen LogP contribution in [-0.4, -0.2) is 14.8 Å². The number of aryl methyl sites for hydroxylation is 1. The lowest BCUT2D eigenvalue weighted by molar-refractivity contribution is 0.442. The van der Waals surface area contributed by atoms with E-state index in [-0.39, 0.29) is 0 Å². The second kappa shape index (κ2) is 4.27. The minimum absolute atomic E-state index is 0.553. The molecule has 0 amide bonds. The van der Waals surface area contributed by atoms with Crippen molar-refractivity contribution >= 4 is 0 Å². The zero-order valence-electron chi connectivity index (χ0n) is 8.68. The fourth-order valence-electron chi connectivity index (χ4n) is 1.36. The summed E-state index contributed by atoms with van der Waals surface area (Å²) in [5.74, 6) is 1.31. The van der Waals surface area contributed by atoms with E-state index in [1.165, 1.54) is 0 Å². The zero-order chi connectivity index (χ0) is 10.7. The molecule has 2 heterocycles. The molecule has 0 unspecified atom stereocenters. The van der Waals surface area contributed by atoms with Crippen LogP contribution in [0.1, 0.15) is 24.3 Å². The van der Waals surface area contributed by atoms with Crippen LogP contribution in [0.25, 0.3) is 0 Å². The Labute approximate surface area is 87.9 Å². The van der Waals surface area contributed by atoms with Crippen LogP contribution >= 0.6 is 0 Å². The van der Waals surface area contributed by atoms with E-state index in [0.717, 1.165) is 12.0 Å². The van der Waals surface area contributed by atoms with Gasteiger partial charge in [0.1, 0.15) is 6.54 Å². The Hall–Kier alpha value is -1.62. The standard InChI is InChI=1S/C10H14N4O/c1-2-9-12-13-10(15-9)7-14-4-3-8(5-11)6-14/h3-4,6H,2,5,7,11H2,1H3. The molecule has 0 fully saturated rings. The molecule has 80 valence electrons. The SMILES string of the molecule is CCc1nnc(Cn2ccc(CN)c2)o1. The van der Waals surface area contributed by atoms with Crippen molar-refractivity contribution in [2.75, 3.05) is 0 Å². The molecule has 0 aliphatic rings. The highest BCUT2D eigenvalue weighted by Crippen LogP contribution is 2.05. The van der Waals surface area contributed by atoms with E-state index >= 15 is 0 Å². The molecule has 0 aliphatic heterocycles. The number of aromatic nitrogens is 3. The first-order valence-electron chi connectivity index (χ1n) is 4.97. The lowest BCUT2D eigenvalue weighted by atomic mass is 10.3. The Morgan fingerprint density at radius 3 is 2.80 bits per heavy atom. The molecule has 2 rings (SSSR count). The Kier molecular flexibility index (Phi) is 2.82. The highest BCUT2D eigenvalue weighted by molar-refractivity contribution is 5.10. The van der Waals surface area contributed by atoms with Gasteiger partial charge in [-0.3, -0.25) is 0 Å². The van der Waals surface area contributed by atoms with E-state index in [1.807, 2.05) is 30.0 Å². The first kappa shape index (κ1) is 9.92. The van der Waals surface area contributed by atoms with Gasteiger partial charge < -0.3 is 14.7 Å². The van der Waals surface area contributed by atoms with Crippen LogP contribution in [0.3, 0.4) is 0 Å². The fourth-order valence-corrected chi connectivity index (χ4v) is 1.36. The molecule has 0 bridgehead atoms. The van der Waals surface area contributed by atoms with Crippen molar-refractivity contribution in [3.8, 4) is 0 Å². The lowest BCUT2D eigenvalue weighted by Gasteiger charge is -1.96. The normalized spacial score (nSPS) is 10.8. The van der Waals surface area contributed by atoms with Crippen molar-refractivity contribution in [1.82, 2.24) is 14.8 Å². The number of nitrogens with zero attached hydrogens (tertiary/aromatic N) is 3. The van der Waals surface area contributed by atoms with E-state index in [0.29, 0.717) is 24.9 Å². The highest BCUT2D eigenvalue weighted by Gasteiger charge is 2.04. The first-order chi connectivity index (χ1) is 7.31. The van der Waals surface area contributed by atoms with E-state index in [1.54, 1.807) is 0 Å². The molecule has 15 heavy (non-hydrogen) atoms. The van der Waals surface area contributed by atoms with Crippen molar-refractivity contribution < 1.29 is 4.42 Å². The maximum absolute atomic E-state index is 5.52. The molecule has 2 aromatic rings. The Morgan fingerprint density at radius 1 is 1.40 bits per heavy atom. The third-order valence-corrected chi connectivity index (χ3v) is 2.18. The molecule has 2 N–H and O–H groups in total. The summed E-state index contributed by atoms with van der Waals surface area (Å²) in [5, 5.41) is 7.85. The molecule has 0 atom stereocenters. The van der Waals surface area contributed by atoms with Crippen molar-refractivity contribution in [3.63, 3.8) is 0 Å². The van der Waals surface area contributed by atoms with Gasteiger partial charge >= 0.3 is 0 Å². The van der Waals surface area contributed by atoms with Gasteiger partial charge in [0.05, 0.1) is 0 Å². The fraction of sp³-hybridized carbons (Fsp3) is 0.400. The molecular formula is C10H14N4O. The Bertz CT molecular complexity index is 392. The van der Waals surface area contributed by atoms with Crippen LogP contribution in [0.5, 0.6) is 0 Å². The number of hydrogen-bond acceptors (Lipinski definition) is 4. The molecule has 0 aromatic carbocycles. The van der Waals surface area contributed by atoms with Crippen molar-refractivity contribution in [1.29, 1.82) is 0 Å². The second-order valence-corrected chi connectivity index (χ2v) is 3.34. The largest absolute Gasteiger partial charge is 0.423 e. The third kappa shape index (κ3) is 2.24. The van der Waals surface area contributed by atoms with Crippen LogP contribution in [0.15, 0.2) is 22.9 Å². The molecule has 0 saturated heterocycles. The number of hydrogen-bond donors (Lipinski definition) is 1. The van der Waals surface area contributed by atoms with Gasteiger partial charge in [0, 0.05) is 25.4 Å². The first-order valence-corrected chi connectivity index (χ1v) is 4.97. The minimum atomic E-state index is 0.553. The van der Waals surface area contributed by atoms with Gasteiger partial charge in [0.25, 0.3) is 0 Å². The summed E-state index contributed by atoms with van der Waals surface area (Å²) in [6, 6.07) is 1.98. The summed E-state index contributed by atoms with van der Waals surface area (Å²) in [7, 11) is 0. The zero-order valence-corrected chi connectivity index (χ0v) is 8.68. The van der Waals surface area contributed by atoms with Crippen LogP contribution in [-0.2, 0) is 19.5 Å². The third-order valence-electron chi connectivity index (χ3n) is 2.18. The van der Waals surface area contributed by atoms with Gasteiger partial charge in [-0.25, -0.2) is 0 Å². The Morgan fingerprint density at radius 2 is 2.20 bits per heavy atom. The van der Waals surface area contributed by atoms with E-state index in [9.17, 15) is 0 Å². The van der Waals surface area contributed by atoms with Crippen molar-refractivity contribution in [3.05, 3.63) is 35.8 Å². The summed E-state index contributed by atoms with van der Waals surface area (Å²) in [4.78, 5) is 0. The number of nitrogens with two attached hydrogens (primary N) is 1. The Balaban J connectivity index is 2.07. The smallest absolute Gasteiger partial charge is 0.236 e. The maximum Gasteiger partial charge on any atom is 0.236 e. The van der Waals surface area contributed by atoms with Crippen LogP contribution in [0.2, 0.25) is 0 Å². The van der Waals surface area contributed by atoms with Gasteiger partial charge in [0.2, 0.25) is 11.8 Å². The second-order valence-electron chi connectivity index (χ2n) is 3.34. The quantitative estimate of drug-likeness (QED) is 0.808. The average Bonchev–Trinajstić information content (AvgIpc) is 2.87. The summed E-state index contributed by atoms with van der Waals surface area (Å²) in [6.45, 7) is 3.14. The van der Waals surface area contributed by atoms with E-state index in [2.05, 4.69) is 10.2 Å². The van der Waals surface area contributed by atoms with Gasteiger partial charge in [-0.1, -0.05) is 6.92 Å². The van der Waals surface area contributed by atoms with E-state index < -0.39 is 0 Å². The topological polar surface area (TPSA) is 69.9 Å². The lowest BCUT2D eigenvalue weighted by Crippen LogP contribution is -1.98. The van der Waals surface area contributed by atoms with Gasteiger partial charge in [-0.05, 0) is 11.6 Å². The van der Waals surface area contributed by atoms with Crippen molar-refractivity contribution in [2.24, 2.45) is 5.73 Å². The molecule has 0 radical (unpaired) electrons.